The lowest BCUT2D eigenvalue weighted by Crippen LogP contribution is -2.00. The molecule has 0 aliphatic rings. The fourth-order valence-electron chi connectivity index (χ4n) is 0.900. The van der Waals surface area contributed by atoms with E-state index >= 15 is 0 Å². The molecule has 1 rings (SSSR count). The summed E-state index contributed by atoms with van der Waals surface area (Å²) in [6.45, 7) is 0. The molecule has 0 saturated heterocycles. The molecule has 14 heavy (non-hydrogen) atoms. The van der Waals surface area contributed by atoms with Gasteiger partial charge in [-0.15, -0.1) is 11.6 Å². The van der Waals surface area contributed by atoms with Gasteiger partial charge in [0, 0.05) is 5.88 Å². The molecule has 0 spiro atoms. The quantitative estimate of drug-likeness (QED) is 0.475. The van der Waals surface area contributed by atoms with Crippen molar-refractivity contribution in [1.82, 2.24) is 4.98 Å². The highest BCUT2D eigenvalue weighted by Crippen LogP contribution is 2.25. The lowest BCUT2D eigenvalue weighted by atomic mass is 10.1. The van der Waals surface area contributed by atoms with E-state index in [4.69, 9.17) is 16.9 Å². The van der Waals surface area contributed by atoms with E-state index < -0.39 is 6.43 Å². The van der Waals surface area contributed by atoms with Crippen molar-refractivity contribution in [3.05, 3.63) is 26.6 Å². The predicted octanol–water partition coefficient (Wildman–Crippen LogP) is 3.23. The Kier molecular flexibility index (Phi) is 4.01. The van der Waals surface area contributed by atoms with Gasteiger partial charge in [0.2, 0.25) is 0 Å². The summed E-state index contributed by atoms with van der Waals surface area (Å²) in [5, 5.41) is 8.57. The zero-order valence-corrected chi connectivity index (χ0v) is 9.68. The first kappa shape index (κ1) is 11.6. The minimum absolute atomic E-state index is 0.108. The Hall–Kier alpha value is -0.480. The van der Waals surface area contributed by atoms with Crippen molar-refractivity contribution in [2.45, 2.75) is 12.3 Å². The SMILES string of the molecule is N#Cc1nc(I)c(CCl)cc1C(F)F. The summed E-state index contributed by atoms with van der Waals surface area (Å²) in [4.78, 5) is 3.74. The van der Waals surface area contributed by atoms with Crippen LogP contribution in [0.4, 0.5) is 8.78 Å². The van der Waals surface area contributed by atoms with E-state index in [0.29, 0.717) is 9.26 Å². The van der Waals surface area contributed by atoms with E-state index in [1.165, 1.54) is 6.07 Å². The summed E-state index contributed by atoms with van der Waals surface area (Å²) in [6.07, 6.45) is -2.70. The number of hydrogen-bond acceptors (Lipinski definition) is 2. The van der Waals surface area contributed by atoms with Gasteiger partial charge in [-0.25, -0.2) is 13.8 Å². The number of aromatic nitrogens is 1. The van der Waals surface area contributed by atoms with Crippen LogP contribution in [0.1, 0.15) is 23.2 Å². The van der Waals surface area contributed by atoms with Gasteiger partial charge >= 0.3 is 0 Å². The highest BCUT2D eigenvalue weighted by molar-refractivity contribution is 14.1. The van der Waals surface area contributed by atoms with Crippen LogP contribution in [-0.2, 0) is 5.88 Å². The highest BCUT2D eigenvalue weighted by Gasteiger charge is 2.16. The van der Waals surface area contributed by atoms with Crippen LogP contribution in [0.25, 0.3) is 0 Å². The molecule has 1 aromatic heterocycles. The first-order valence-electron chi connectivity index (χ1n) is 3.53. The Morgan fingerprint density at radius 2 is 2.29 bits per heavy atom. The Morgan fingerprint density at radius 3 is 2.71 bits per heavy atom. The van der Waals surface area contributed by atoms with E-state index in [9.17, 15) is 8.78 Å². The van der Waals surface area contributed by atoms with E-state index in [-0.39, 0.29) is 17.1 Å². The molecule has 1 aromatic rings. The summed E-state index contributed by atoms with van der Waals surface area (Å²) in [5.41, 5.74) is -0.0802. The van der Waals surface area contributed by atoms with Gasteiger partial charge < -0.3 is 0 Å². The molecule has 0 aliphatic carbocycles. The van der Waals surface area contributed by atoms with Crippen LogP contribution < -0.4 is 0 Å². The van der Waals surface area contributed by atoms with Crippen molar-refractivity contribution in [2.75, 3.05) is 0 Å². The van der Waals surface area contributed by atoms with E-state index in [1.54, 1.807) is 6.07 Å². The molecule has 0 saturated carbocycles. The van der Waals surface area contributed by atoms with E-state index in [1.807, 2.05) is 22.6 Å². The second-order valence-electron chi connectivity index (χ2n) is 2.42. The third kappa shape index (κ3) is 2.30. The van der Waals surface area contributed by atoms with Crippen LogP contribution in [0.5, 0.6) is 0 Å². The molecule has 2 nitrogen and oxygen atoms in total. The van der Waals surface area contributed by atoms with Crippen LogP contribution >= 0.6 is 34.2 Å². The molecule has 74 valence electrons. The maximum absolute atomic E-state index is 12.4. The van der Waals surface area contributed by atoms with Crippen molar-refractivity contribution < 1.29 is 8.78 Å². The number of hydrogen-bond donors (Lipinski definition) is 0. The molecule has 0 atom stereocenters. The van der Waals surface area contributed by atoms with E-state index in [2.05, 4.69) is 4.98 Å². The molecular weight excluding hydrogens is 324 g/mol. The van der Waals surface area contributed by atoms with Gasteiger partial charge in [0.05, 0.1) is 5.56 Å². The van der Waals surface area contributed by atoms with Gasteiger partial charge in [0.1, 0.15) is 9.77 Å². The molecule has 0 radical (unpaired) electrons. The molecule has 6 heteroatoms. The number of pyridine rings is 1. The summed E-state index contributed by atoms with van der Waals surface area (Å²) < 4.78 is 25.3. The van der Waals surface area contributed by atoms with Gasteiger partial charge in [-0.2, -0.15) is 5.26 Å². The largest absolute Gasteiger partial charge is 0.266 e. The Labute approximate surface area is 98.0 Å². The number of nitriles is 1. The van der Waals surface area contributed by atoms with Crippen LogP contribution in [0.15, 0.2) is 6.07 Å². The molecule has 1 heterocycles. The molecule has 0 aromatic carbocycles. The summed E-state index contributed by atoms with van der Waals surface area (Å²) in [6, 6.07) is 2.86. The van der Waals surface area contributed by atoms with Crippen molar-refractivity contribution >= 4 is 34.2 Å². The predicted molar refractivity (Wildman–Crippen MR) is 56.2 cm³/mol. The Morgan fingerprint density at radius 1 is 1.64 bits per heavy atom. The monoisotopic (exact) mass is 328 g/mol. The third-order valence-corrected chi connectivity index (χ3v) is 2.79. The number of halogens is 4. The topological polar surface area (TPSA) is 36.7 Å². The molecule has 0 bridgehead atoms. The minimum atomic E-state index is -2.70. The van der Waals surface area contributed by atoms with E-state index in [0.717, 1.165) is 0 Å². The lowest BCUT2D eigenvalue weighted by Gasteiger charge is -2.05. The van der Waals surface area contributed by atoms with Gasteiger partial charge in [-0.3, -0.25) is 0 Å². The van der Waals surface area contributed by atoms with Crippen molar-refractivity contribution in [3.63, 3.8) is 0 Å². The second kappa shape index (κ2) is 4.84. The highest BCUT2D eigenvalue weighted by atomic mass is 127. The minimum Gasteiger partial charge on any atom is -0.230 e. The zero-order valence-electron chi connectivity index (χ0n) is 6.77. The number of alkyl halides is 3. The number of nitrogens with zero attached hydrogens (tertiary/aromatic N) is 2. The van der Waals surface area contributed by atoms with Crippen molar-refractivity contribution in [3.8, 4) is 6.07 Å². The molecule has 0 unspecified atom stereocenters. The Bertz CT molecular complexity index is 390. The van der Waals surface area contributed by atoms with Gasteiger partial charge in [0.15, 0.2) is 5.69 Å². The summed E-state index contributed by atoms with van der Waals surface area (Å²) >= 11 is 7.39. The number of rotatable bonds is 2. The Balaban J connectivity index is 3.34. The van der Waals surface area contributed by atoms with Crippen LogP contribution in [0.3, 0.4) is 0 Å². The molecule has 0 aliphatic heterocycles. The first-order chi connectivity index (χ1) is 6.60. The van der Waals surface area contributed by atoms with Gasteiger partial charge in [-0.05, 0) is 34.2 Å². The lowest BCUT2D eigenvalue weighted by molar-refractivity contribution is 0.150. The second-order valence-corrected chi connectivity index (χ2v) is 3.71. The standard InChI is InChI=1S/C8H4ClF2IN2/c9-2-4-1-5(7(10)11)6(3-13)14-8(4)12/h1,7H,2H2. The molecule has 0 amide bonds. The summed E-state index contributed by atoms with van der Waals surface area (Å²) in [7, 11) is 0. The average molecular weight is 328 g/mol. The first-order valence-corrected chi connectivity index (χ1v) is 5.15. The third-order valence-electron chi connectivity index (χ3n) is 1.56. The molecule has 0 N–H and O–H groups in total. The molecule has 0 fully saturated rings. The zero-order chi connectivity index (χ0) is 10.7. The normalized spacial score (nSPS) is 10.3. The fourth-order valence-corrected chi connectivity index (χ4v) is 1.92. The van der Waals surface area contributed by atoms with Crippen LogP contribution in [0.2, 0.25) is 0 Å². The molecular formula is C8H4ClF2IN2. The van der Waals surface area contributed by atoms with Crippen LogP contribution in [0, 0.1) is 15.0 Å². The van der Waals surface area contributed by atoms with Gasteiger partial charge in [-0.1, -0.05) is 0 Å². The van der Waals surface area contributed by atoms with Gasteiger partial charge in [0.25, 0.3) is 6.43 Å². The fraction of sp³-hybridized carbons (Fsp3) is 0.250. The maximum Gasteiger partial charge on any atom is 0.266 e. The maximum atomic E-state index is 12.4. The van der Waals surface area contributed by atoms with Crippen molar-refractivity contribution in [2.24, 2.45) is 0 Å². The van der Waals surface area contributed by atoms with Crippen molar-refractivity contribution in [1.29, 1.82) is 5.26 Å². The van der Waals surface area contributed by atoms with Crippen LogP contribution in [-0.4, -0.2) is 4.98 Å². The summed E-state index contributed by atoms with van der Waals surface area (Å²) in [5.74, 6) is 0.108. The smallest absolute Gasteiger partial charge is 0.230 e. The average Bonchev–Trinajstić information content (AvgIpc) is 2.16.